The first-order valence-corrected chi connectivity index (χ1v) is 7.59. The monoisotopic (exact) mass is 304 g/mol. The van der Waals surface area contributed by atoms with Gasteiger partial charge in [0, 0.05) is 18.1 Å². The molecule has 118 valence electrons. The van der Waals surface area contributed by atoms with Gasteiger partial charge >= 0.3 is 0 Å². The first-order valence-electron chi connectivity index (χ1n) is 7.59. The van der Waals surface area contributed by atoms with Crippen LogP contribution in [0.4, 0.5) is 5.69 Å². The Balaban J connectivity index is 1.73. The van der Waals surface area contributed by atoms with Gasteiger partial charge in [0.25, 0.3) is 5.69 Å². The largest absolute Gasteiger partial charge is 0.354 e. The molecule has 0 N–H and O–H groups in total. The van der Waals surface area contributed by atoms with Crippen LogP contribution in [0.2, 0.25) is 0 Å². The standard InChI is InChI=1S/C16H20N2O4/c1-16(2)17-14(10-22-16)8-5-12(15(17)19)9-11-3-6-13(7-4-11)18(20)21/h3-4,6-7,12,14H,5,8-10H2,1-2H3/t12-,14-/m1/s1. The maximum absolute atomic E-state index is 12.7. The molecule has 3 rings (SSSR count). The second-order valence-electron chi connectivity index (χ2n) is 6.52. The van der Waals surface area contributed by atoms with E-state index in [1.807, 2.05) is 18.7 Å². The van der Waals surface area contributed by atoms with Crippen LogP contribution >= 0.6 is 0 Å². The Morgan fingerprint density at radius 3 is 2.64 bits per heavy atom. The van der Waals surface area contributed by atoms with Gasteiger partial charge in [-0.2, -0.15) is 0 Å². The van der Waals surface area contributed by atoms with E-state index >= 15 is 0 Å². The average Bonchev–Trinajstić information content (AvgIpc) is 2.78. The zero-order valence-corrected chi connectivity index (χ0v) is 12.8. The van der Waals surface area contributed by atoms with Gasteiger partial charge < -0.3 is 9.64 Å². The summed E-state index contributed by atoms with van der Waals surface area (Å²) in [4.78, 5) is 24.9. The molecule has 1 aromatic rings. The van der Waals surface area contributed by atoms with E-state index in [2.05, 4.69) is 0 Å². The van der Waals surface area contributed by atoms with Gasteiger partial charge in [-0.25, -0.2) is 0 Å². The van der Waals surface area contributed by atoms with Crippen LogP contribution in [0.15, 0.2) is 24.3 Å². The Hall–Kier alpha value is -1.95. The minimum Gasteiger partial charge on any atom is -0.354 e. The fraction of sp³-hybridized carbons (Fsp3) is 0.562. The van der Waals surface area contributed by atoms with Gasteiger partial charge in [-0.05, 0) is 38.7 Å². The van der Waals surface area contributed by atoms with E-state index in [-0.39, 0.29) is 23.6 Å². The molecule has 2 atom stereocenters. The second-order valence-corrected chi connectivity index (χ2v) is 6.52. The summed E-state index contributed by atoms with van der Waals surface area (Å²) in [5.74, 6) is 0.0655. The van der Waals surface area contributed by atoms with E-state index in [1.54, 1.807) is 12.1 Å². The molecule has 6 nitrogen and oxygen atoms in total. The van der Waals surface area contributed by atoms with Gasteiger partial charge in [0.15, 0.2) is 0 Å². The number of benzene rings is 1. The molecule has 0 saturated carbocycles. The Labute approximate surface area is 129 Å². The number of nitro groups is 1. The maximum Gasteiger partial charge on any atom is 0.269 e. The molecule has 0 aromatic heterocycles. The van der Waals surface area contributed by atoms with E-state index < -0.39 is 10.6 Å². The summed E-state index contributed by atoms with van der Waals surface area (Å²) < 4.78 is 5.73. The summed E-state index contributed by atoms with van der Waals surface area (Å²) in [7, 11) is 0. The third kappa shape index (κ3) is 2.59. The van der Waals surface area contributed by atoms with Gasteiger partial charge in [-0.3, -0.25) is 14.9 Å². The third-order valence-electron chi connectivity index (χ3n) is 4.64. The van der Waals surface area contributed by atoms with Crippen molar-refractivity contribution in [1.82, 2.24) is 4.90 Å². The highest BCUT2D eigenvalue weighted by molar-refractivity contribution is 5.81. The molecular formula is C16H20N2O4. The third-order valence-corrected chi connectivity index (χ3v) is 4.64. The van der Waals surface area contributed by atoms with Crippen LogP contribution in [0.1, 0.15) is 32.3 Å². The van der Waals surface area contributed by atoms with E-state index in [1.165, 1.54) is 12.1 Å². The quantitative estimate of drug-likeness (QED) is 0.635. The van der Waals surface area contributed by atoms with Crippen molar-refractivity contribution in [1.29, 1.82) is 0 Å². The fourth-order valence-corrected chi connectivity index (χ4v) is 3.48. The predicted octanol–water partition coefficient (Wildman–Crippen LogP) is 2.51. The van der Waals surface area contributed by atoms with Crippen molar-refractivity contribution in [2.75, 3.05) is 6.61 Å². The lowest BCUT2D eigenvalue weighted by atomic mass is 9.87. The van der Waals surface area contributed by atoms with Crippen LogP contribution in [-0.4, -0.2) is 34.1 Å². The molecule has 6 heteroatoms. The molecule has 0 radical (unpaired) electrons. The summed E-state index contributed by atoms with van der Waals surface area (Å²) >= 11 is 0. The van der Waals surface area contributed by atoms with Crippen LogP contribution in [0.5, 0.6) is 0 Å². The number of amides is 1. The molecule has 0 unspecified atom stereocenters. The van der Waals surface area contributed by atoms with Crippen LogP contribution < -0.4 is 0 Å². The van der Waals surface area contributed by atoms with Gasteiger partial charge in [0.05, 0.1) is 17.6 Å². The molecule has 0 spiro atoms. The Morgan fingerprint density at radius 1 is 1.32 bits per heavy atom. The second kappa shape index (κ2) is 5.35. The van der Waals surface area contributed by atoms with Crippen LogP contribution in [0.3, 0.4) is 0 Å². The number of nitro benzene ring substituents is 1. The van der Waals surface area contributed by atoms with Crippen molar-refractivity contribution >= 4 is 11.6 Å². The number of ether oxygens (including phenoxy) is 1. The van der Waals surface area contributed by atoms with Crippen molar-refractivity contribution in [2.24, 2.45) is 5.92 Å². The van der Waals surface area contributed by atoms with Crippen molar-refractivity contribution in [3.8, 4) is 0 Å². The first-order chi connectivity index (χ1) is 10.4. The van der Waals surface area contributed by atoms with Crippen molar-refractivity contribution in [2.45, 2.75) is 44.9 Å². The van der Waals surface area contributed by atoms with Gasteiger partial charge in [0.1, 0.15) is 5.72 Å². The molecular weight excluding hydrogens is 284 g/mol. The smallest absolute Gasteiger partial charge is 0.269 e. The number of hydrogen-bond acceptors (Lipinski definition) is 4. The number of non-ortho nitro benzene ring substituents is 1. The normalized spacial score (nSPS) is 26.8. The molecule has 0 aliphatic carbocycles. The summed E-state index contributed by atoms with van der Waals surface area (Å²) in [5.41, 5.74) is 0.504. The number of carbonyl (C=O) groups is 1. The number of rotatable bonds is 3. The molecule has 0 bridgehead atoms. The average molecular weight is 304 g/mol. The Bertz CT molecular complexity index is 597. The number of fused-ring (bicyclic) bond motifs is 1. The van der Waals surface area contributed by atoms with Gasteiger partial charge in [-0.1, -0.05) is 12.1 Å². The minimum absolute atomic E-state index is 0.0707. The van der Waals surface area contributed by atoms with Gasteiger partial charge in [-0.15, -0.1) is 0 Å². The number of piperidine rings is 1. The lowest BCUT2D eigenvalue weighted by Crippen LogP contribution is -2.53. The van der Waals surface area contributed by atoms with Crippen molar-refractivity contribution in [3.05, 3.63) is 39.9 Å². The molecule has 2 aliphatic rings. The lowest BCUT2D eigenvalue weighted by Gasteiger charge is -2.40. The van der Waals surface area contributed by atoms with E-state index in [4.69, 9.17) is 4.74 Å². The van der Waals surface area contributed by atoms with Crippen LogP contribution in [-0.2, 0) is 16.0 Å². The number of nitrogens with zero attached hydrogens (tertiary/aromatic N) is 2. The highest BCUT2D eigenvalue weighted by atomic mass is 16.6. The van der Waals surface area contributed by atoms with E-state index in [9.17, 15) is 14.9 Å². The van der Waals surface area contributed by atoms with Crippen molar-refractivity contribution in [3.63, 3.8) is 0 Å². The molecule has 2 fully saturated rings. The summed E-state index contributed by atoms with van der Waals surface area (Å²) in [5, 5.41) is 10.7. The maximum atomic E-state index is 12.7. The molecule has 1 aromatic carbocycles. The highest BCUT2D eigenvalue weighted by Gasteiger charge is 2.48. The first kappa shape index (κ1) is 15.0. The molecule has 22 heavy (non-hydrogen) atoms. The van der Waals surface area contributed by atoms with E-state index in [0.29, 0.717) is 13.0 Å². The predicted molar refractivity (Wildman–Crippen MR) is 80.2 cm³/mol. The van der Waals surface area contributed by atoms with Crippen LogP contribution in [0.25, 0.3) is 0 Å². The van der Waals surface area contributed by atoms with E-state index in [0.717, 1.165) is 18.4 Å². The van der Waals surface area contributed by atoms with Crippen LogP contribution in [0, 0.1) is 16.0 Å². The highest BCUT2D eigenvalue weighted by Crippen LogP contribution is 2.37. The lowest BCUT2D eigenvalue weighted by molar-refractivity contribution is -0.384. The fourth-order valence-electron chi connectivity index (χ4n) is 3.48. The number of hydrogen-bond donors (Lipinski definition) is 0. The zero-order valence-electron chi connectivity index (χ0n) is 12.8. The zero-order chi connectivity index (χ0) is 15.9. The minimum atomic E-state index is -0.532. The molecule has 1 amide bonds. The topological polar surface area (TPSA) is 72.7 Å². The van der Waals surface area contributed by atoms with Crippen molar-refractivity contribution < 1.29 is 14.5 Å². The Kier molecular flexibility index (Phi) is 3.64. The Morgan fingerprint density at radius 2 is 2.00 bits per heavy atom. The number of carbonyl (C=O) groups excluding carboxylic acids is 1. The molecule has 2 saturated heterocycles. The SMILES string of the molecule is CC1(C)OC[C@H]2CC[C@H](Cc3ccc([N+](=O)[O-])cc3)C(=O)N21. The summed E-state index contributed by atoms with van der Waals surface area (Å²) in [6.07, 6.45) is 2.42. The summed E-state index contributed by atoms with van der Waals surface area (Å²) in [6.45, 7) is 4.47. The summed E-state index contributed by atoms with van der Waals surface area (Å²) in [6, 6.07) is 6.66. The molecule has 2 heterocycles. The molecule has 2 aliphatic heterocycles. The van der Waals surface area contributed by atoms with Gasteiger partial charge in [0.2, 0.25) is 5.91 Å².